The summed E-state index contributed by atoms with van der Waals surface area (Å²) in [6, 6.07) is 25.2. The maximum atomic E-state index is 13.3. The lowest BCUT2D eigenvalue weighted by Gasteiger charge is -2.11. The molecule has 1 heterocycles. The zero-order chi connectivity index (χ0) is 28.9. The Bertz CT molecular complexity index is 1790. The highest BCUT2D eigenvalue weighted by Gasteiger charge is 2.21. The molecule has 10 heteroatoms. The van der Waals surface area contributed by atoms with Crippen molar-refractivity contribution in [1.82, 2.24) is 10.4 Å². The van der Waals surface area contributed by atoms with Gasteiger partial charge in [-0.05, 0) is 102 Å². The molecule has 5 rings (SSSR count). The fourth-order valence-electron chi connectivity index (χ4n) is 4.20. The van der Waals surface area contributed by atoms with E-state index in [0.29, 0.717) is 39.8 Å². The number of H-pyrrole nitrogens is 1. The van der Waals surface area contributed by atoms with Crippen LogP contribution in [0.15, 0.2) is 94.5 Å². The summed E-state index contributed by atoms with van der Waals surface area (Å²) in [6.07, 6.45) is 1.49. The zero-order valence-electron chi connectivity index (χ0n) is 21.6. The molecule has 0 saturated heterocycles. The normalized spacial score (nSPS) is 11.1. The molecular formula is C31H22BrClIN3O4. The van der Waals surface area contributed by atoms with E-state index < -0.39 is 11.9 Å². The van der Waals surface area contributed by atoms with Crippen molar-refractivity contribution < 1.29 is 19.1 Å². The molecule has 0 aliphatic carbocycles. The summed E-state index contributed by atoms with van der Waals surface area (Å²) in [5.41, 5.74) is 6.24. The van der Waals surface area contributed by atoms with Crippen LogP contribution in [0.2, 0.25) is 5.02 Å². The highest BCUT2D eigenvalue weighted by Crippen LogP contribution is 2.37. The second-order valence-electron chi connectivity index (χ2n) is 8.78. The van der Waals surface area contributed by atoms with Gasteiger partial charge in [-0.2, -0.15) is 5.10 Å². The Morgan fingerprint density at radius 1 is 1.02 bits per heavy atom. The molecule has 0 fully saturated rings. The van der Waals surface area contributed by atoms with Gasteiger partial charge in [-0.3, -0.25) is 4.79 Å². The summed E-state index contributed by atoms with van der Waals surface area (Å²) in [6.45, 7) is 2.20. The number of hydrogen-bond acceptors (Lipinski definition) is 5. The molecular weight excluding hydrogens is 721 g/mol. The van der Waals surface area contributed by atoms with Gasteiger partial charge in [0.1, 0.15) is 5.69 Å². The Hall–Kier alpha value is -3.67. The van der Waals surface area contributed by atoms with Crippen LogP contribution in [-0.4, -0.2) is 29.7 Å². The van der Waals surface area contributed by atoms with E-state index in [-0.39, 0.29) is 5.75 Å². The molecule has 0 radical (unpaired) electrons. The first-order valence-corrected chi connectivity index (χ1v) is 14.7. The van der Waals surface area contributed by atoms with Crippen LogP contribution in [-0.2, 0) is 0 Å². The smallest absolute Gasteiger partial charge is 0.343 e. The zero-order valence-corrected chi connectivity index (χ0v) is 26.1. The van der Waals surface area contributed by atoms with Crippen LogP contribution >= 0.6 is 50.1 Å². The Labute approximate surface area is 263 Å². The summed E-state index contributed by atoms with van der Waals surface area (Å²) in [5, 5.41) is 5.58. The van der Waals surface area contributed by atoms with Gasteiger partial charge in [0.2, 0.25) is 0 Å². The third-order valence-corrected chi connectivity index (χ3v) is 7.59. The Morgan fingerprint density at radius 3 is 2.56 bits per heavy atom. The van der Waals surface area contributed by atoms with Crippen LogP contribution in [0.1, 0.15) is 33.3 Å². The number of ether oxygens (including phenoxy) is 2. The van der Waals surface area contributed by atoms with Crippen LogP contribution in [0, 0.1) is 3.57 Å². The number of hydrogen-bond donors (Lipinski definition) is 2. The minimum atomic E-state index is -0.505. The molecule has 5 aromatic rings. The van der Waals surface area contributed by atoms with Gasteiger partial charge < -0.3 is 14.5 Å². The van der Waals surface area contributed by atoms with Crippen LogP contribution in [0.5, 0.6) is 11.5 Å². The number of halogens is 3. The first-order valence-electron chi connectivity index (χ1n) is 12.5. The van der Waals surface area contributed by atoms with Crippen molar-refractivity contribution >= 4 is 79.1 Å². The predicted octanol–water partition coefficient (Wildman–Crippen LogP) is 8.24. The lowest BCUT2D eigenvalue weighted by Crippen LogP contribution is -2.19. The average Bonchev–Trinajstić information content (AvgIpc) is 3.33. The predicted molar refractivity (Wildman–Crippen MR) is 173 cm³/mol. The largest absolute Gasteiger partial charge is 0.490 e. The molecule has 4 aromatic carbocycles. The lowest BCUT2D eigenvalue weighted by atomic mass is 10.0. The third kappa shape index (κ3) is 6.64. The number of carbonyl (C=O) groups excluding carboxylic acids is 2. The number of nitrogens with zero attached hydrogens (tertiary/aromatic N) is 1. The minimum absolute atomic E-state index is 0.276. The monoisotopic (exact) mass is 741 g/mol. The van der Waals surface area contributed by atoms with Crippen LogP contribution in [0.25, 0.3) is 22.0 Å². The summed E-state index contributed by atoms with van der Waals surface area (Å²) >= 11 is 12.1. The topological polar surface area (TPSA) is 92.8 Å². The van der Waals surface area contributed by atoms with Crippen molar-refractivity contribution in [2.75, 3.05) is 6.61 Å². The lowest BCUT2D eigenvalue weighted by molar-refractivity contribution is 0.0728. The van der Waals surface area contributed by atoms with E-state index in [1.54, 1.807) is 48.5 Å². The van der Waals surface area contributed by atoms with Gasteiger partial charge >= 0.3 is 5.97 Å². The van der Waals surface area contributed by atoms with Crippen molar-refractivity contribution in [3.05, 3.63) is 115 Å². The number of benzene rings is 4. The molecule has 0 atom stereocenters. The second kappa shape index (κ2) is 12.9. The fraction of sp³-hybridized carbons (Fsp3) is 0.0645. The first kappa shape index (κ1) is 28.8. The van der Waals surface area contributed by atoms with Crippen LogP contribution in [0.3, 0.4) is 0 Å². The highest BCUT2D eigenvalue weighted by atomic mass is 127. The molecule has 206 valence electrons. The molecule has 1 amide bonds. The van der Waals surface area contributed by atoms with Gasteiger partial charge in [0.15, 0.2) is 11.5 Å². The molecule has 7 nitrogen and oxygen atoms in total. The fourth-order valence-corrected chi connectivity index (χ4v) is 5.19. The Kier molecular flexibility index (Phi) is 9.06. The molecule has 0 unspecified atom stereocenters. The van der Waals surface area contributed by atoms with E-state index in [2.05, 4.69) is 54.0 Å². The van der Waals surface area contributed by atoms with E-state index in [1.165, 1.54) is 6.21 Å². The van der Waals surface area contributed by atoms with Crippen molar-refractivity contribution in [3.8, 4) is 22.6 Å². The number of hydrazone groups is 1. The number of aromatic amines is 1. The van der Waals surface area contributed by atoms with Crippen molar-refractivity contribution in [2.24, 2.45) is 5.10 Å². The molecule has 1 aromatic heterocycles. The van der Waals surface area contributed by atoms with E-state index in [4.69, 9.17) is 21.1 Å². The van der Waals surface area contributed by atoms with E-state index in [1.807, 2.05) is 43.3 Å². The Morgan fingerprint density at radius 2 is 1.80 bits per heavy atom. The number of rotatable bonds is 8. The maximum absolute atomic E-state index is 13.3. The molecule has 0 saturated carbocycles. The number of carbonyl (C=O) groups is 2. The molecule has 0 aliphatic heterocycles. The molecule has 2 N–H and O–H groups in total. The quantitative estimate of drug-likeness (QED) is 0.0551. The third-order valence-electron chi connectivity index (χ3n) is 6.06. The van der Waals surface area contributed by atoms with Gasteiger partial charge in [-0.25, -0.2) is 10.2 Å². The van der Waals surface area contributed by atoms with E-state index in [0.717, 1.165) is 24.5 Å². The van der Waals surface area contributed by atoms with Crippen LogP contribution in [0.4, 0.5) is 0 Å². The minimum Gasteiger partial charge on any atom is -0.490 e. The second-order valence-corrected chi connectivity index (χ2v) is 11.3. The maximum Gasteiger partial charge on any atom is 0.343 e. The number of aromatic nitrogens is 1. The average molecular weight is 743 g/mol. The number of esters is 1. The number of amides is 1. The van der Waals surface area contributed by atoms with Gasteiger partial charge in [-0.1, -0.05) is 45.7 Å². The van der Waals surface area contributed by atoms with E-state index >= 15 is 0 Å². The number of fused-ring (bicyclic) bond motifs is 1. The van der Waals surface area contributed by atoms with Crippen molar-refractivity contribution in [1.29, 1.82) is 0 Å². The highest BCUT2D eigenvalue weighted by molar-refractivity contribution is 14.1. The van der Waals surface area contributed by atoms with Crippen LogP contribution < -0.4 is 14.9 Å². The Balaban J connectivity index is 1.37. The molecule has 41 heavy (non-hydrogen) atoms. The van der Waals surface area contributed by atoms with Gasteiger partial charge in [0.25, 0.3) is 5.91 Å². The summed E-state index contributed by atoms with van der Waals surface area (Å²) < 4.78 is 13.2. The van der Waals surface area contributed by atoms with Crippen molar-refractivity contribution in [2.45, 2.75) is 6.92 Å². The standard InChI is InChI=1S/C31H22BrClIN3O4/c1-2-40-27-15-18(7-14-26(27)41-31(39)19-8-10-20(32)11-9-19)17-35-37-30(38)29-28(22-5-3-4-6-24(22)33)23-16-21(34)12-13-25(23)36-29/h3-17,36H,2H2,1H3,(H,37,38). The summed E-state index contributed by atoms with van der Waals surface area (Å²) in [5.74, 6) is -0.278. The summed E-state index contributed by atoms with van der Waals surface area (Å²) in [4.78, 5) is 29.1. The van der Waals surface area contributed by atoms with Gasteiger partial charge in [0, 0.05) is 35.1 Å². The van der Waals surface area contributed by atoms with Crippen molar-refractivity contribution in [3.63, 3.8) is 0 Å². The summed E-state index contributed by atoms with van der Waals surface area (Å²) in [7, 11) is 0. The SMILES string of the molecule is CCOc1cc(C=NNC(=O)c2[nH]c3ccc(I)cc3c2-c2ccccc2Cl)ccc1OC(=O)c1ccc(Br)cc1. The van der Waals surface area contributed by atoms with Gasteiger partial charge in [0.05, 0.1) is 18.4 Å². The molecule has 0 aliphatic rings. The molecule has 0 spiro atoms. The van der Waals surface area contributed by atoms with Gasteiger partial charge in [-0.15, -0.1) is 0 Å². The molecule has 0 bridgehead atoms. The van der Waals surface area contributed by atoms with E-state index in [9.17, 15) is 9.59 Å². The number of nitrogens with one attached hydrogen (secondary N) is 2. The first-order chi connectivity index (χ1) is 19.8.